The van der Waals surface area contributed by atoms with Gasteiger partial charge in [0.25, 0.3) is 0 Å². The van der Waals surface area contributed by atoms with E-state index in [-0.39, 0.29) is 5.41 Å². The van der Waals surface area contributed by atoms with Crippen molar-refractivity contribution in [2.24, 2.45) is 21.9 Å². The molecular weight excluding hydrogens is 202 g/mol. The van der Waals surface area contributed by atoms with Gasteiger partial charge in [-0.1, -0.05) is 25.9 Å². The van der Waals surface area contributed by atoms with E-state index in [0.29, 0.717) is 18.1 Å². The minimum absolute atomic E-state index is 0.266. The third-order valence-corrected chi connectivity index (χ3v) is 5.35. The van der Waals surface area contributed by atoms with Gasteiger partial charge in [-0.3, -0.25) is 0 Å². The lowest BCUT2D eigenvalue weighted by molar-refractivity contribution is 0.118. The zero-order chi connectivity index (χ0) is 11.4. The third-order valence-electron chi connectivity index (χ3n) is 5.35. The highest BCUT2D eigenvalue weighted by atomic mass is 16.7. The molecule has 0 aromatic rings. The first-order valence-electron chi connectivity index (χ1n) is 6.35. The molecule has 0 amide bonds. The van der Waals surface area contributed by atoms with Crippen LogP contribution in [0.25, 0.3) is 0 Å². The van der Waals surface area contributed by atoms with Gasteiger partial charge in [0.15, 0.2) is 0 Å². The molecule has 3 atom stereocenters. The Morgan fingerprint density at radius 2 is 2.19 bits per heavy atom. The third kappa shape index (κ3) is 1.33. The molecule has 0 aromatic carbocycles. The Kier molecular flexibility index (Phi) is 2.13. The van der Waals surface area contributed by atoms with Crippen molar-refractivity contribution in [2.45, 2.75) is 46.1 Å². The van der Waals surface area contributed by atoms with E-state index < -0.39 is 0 Å². The molecule has 16 heavy (non-hydrogen) atoms. The summed E-state index contributed by atoms with van der Waals surface area (Å²) in [5.41, 5.74) is 1.95. The van der Waals surface area contributed by atoms with Gasteiger partial charge in [-0.25, -0.2) is 0 Å². The fraction of sp³-hybridized carbons (Fsp3) is 0.923. The van der Waals surface area contributed by atoms with E-state index in [4.69, 9.17) is 9.57 Å². The van der Waals surface area contributed by atoms with Gasteiger partial charge in [-0.15, -0.1) is 0 Å². The lowest BCUT2D eigenvalue weighted by atomic mass is 9.70. The maximum absolute atomic E-state index is 5.42. The van der Waals surface area contributed by atoms with E-state index in [9.17, 15) is 0 Å². The van der Waals surface area contributed by atoms with Gasteiger partial charge in [-0.2, -0.15) is 0 Å². The second kappa shape index (κ2) is 3.22. The van der Waals surface area contributed by atoms with Crippen LogP contribution in [0.2, 0.25) is 0 Å². The molecule has 0 radical (unpaired) electrons. The van der Waals surface area contributed by atoms with E-state index in [0.717, 1.165) is 18.9 Å². The van der Waals surface area contributed by atoms with Crippen molar-refractivity contribution in [2.75, 3.05) is 13.2 Å². The van der Waals surface area contributed by atoms with Crippen LogP contribution in [-0.4, -0.2) is 25.0 Å². The van der Waals surface area contributed by atoms with Gasteiger partial charge in [-0.05, 0) is 30.6 Å². The first-order valence-corrected chi connectivity index (χ1v) is 6.35. The molecule has 0 spiro atoms. The summed E-state index contributed by atoms with van der Waals surface area (Å²) in [6, 6.07) is 0. The van der Waals surface area contributed by atoms with E-state index in [1.807, 2.05) is 0 Å². The lowest BCUT2D eigenvalue weighted by Gasteiger charge is -2.34. The highest BCUT2D eigenvalue weighted by Crippen LogP contribution is 2.63. The number of nitrogens with zero attached hydrogens (tertiary/aromatic N) is 1. The maximum Gasteiger partial charge on any atom is 0.145 e. The first kappa shape index (κ1) is 10.6. The van der Waals surface area contributed by atoms with Crippen LogP contribution in [0.4, 0.5) is 0 Å². The SMILES string of the molecule is CC12CCC(C/C1=N\OCC1CO1)C2(C)C. The minimum atomic E-state index is 0.266. The maximum atomic E-state index is 5.42. The van der Waals surface area contributed by atoms with Crippen molar-refractivity contribution in [1.29, 1.82) is 0 Å². The molecule has 90 valence electrons. The van der Waals surface area contributed by atoms with E-state index in [1.165, 1.54) is 18.6 Å². The van der Waals surface area contributed by atoms with Crippen LogP contribution in [0.5, 0.6) is 0 Å². The van der Waals surface area contributed by atoms with Crippen LogP contribution >= 0.6 is 0 Å². The fourth-order valence-electron chi connectivity index (χ4n) is 3.43. The monoisotopic (exact) mass is 223 g/mol. The highest BCUT2D eigenvalue weighted by Gasteiger charge is 2.60. The Hall–Kier alpha value is -0.570. The fourth-order valence-corrected chi connectivity index (χ4v) is 3.43. The predicted octanol–water partition coefficient (Wildman–Crippen LogP) is 2.60. The average Bonchev–Trinajstić information content (AvgIpc) is 2.98. The van der Waals surface area contributed by atoms with Crippen LogP contribution in [0, 0.1) is 16.7 Å². The lowest BCUT2D eigenvalue weighted by Crippen LogP contribution is -2.32. The largest absolute Gasteiger partial charge is 0.393 e. The van der Waals surface area contributed by atoms with Crippen LogP contribution in [-0.2, 0) is 9.57 Å². The number of hydrogen-bond donors (Lipinski definition) is 0. The zero-order valence-corrected chi connectivity index (χ0v) is 10.5. The van der Waals surface area contributed by atoms with E-state index in [2.05, 4.69) is 25.9 Å². The number of ether oxygens (including phenoxy) is 1. The molecular formula is C13H21NO2. The molecule has 3 rings (SSSR count). The topological polar surface area (TPSA) is 34.1 Å². The molecule has 2 bridgehead atoms. The number of rotatable bonds is 3. The molecule has 3 nitrogen and oxygen atoms in total. The Bertz CT molecular complexity index is 333. The van der Waals surface area contributed by atoms with Crippen molar-refractivity contribution in [3.63, 3.8) is 0 Å². The summed E-state index contributed by atoms with van der Waals surface area (Å²) < 4.78 is 5.11. The van der Waals surface area contributed by atoms with Crippen LogP contribution in [0.1, 0.15) is 40.0 Å². The molecule has 2 aliphatic carbocycles. The number of fused-ring (bicyclic) bond motifs is 2. The summed E-state index contributed by atoms with van der Waals surface area (Å²) >= 11 is 0. The second-order valence-electron chi connectivity index (χ2n) is 6.28. The standard InChI is InChI=1S/C13H21NO2/c1-12(2)9-4-5-13(12,3)11(6-9)14-16-8-10-7-15-10/h9-10H,4-8H2,1-3H3/b14-11+. The molecule has 3 aliphatic rings. The first-order chi connectivity index (χ1) is 7.54. The van der Waals surface area contributed by atoms with Crippen molar-refractivity contribution in [3.8, 4) is 0 Å². The van der Waals surface area contributed by atoms with Crippen molar-refractivity contribution in [3.05, 3.63) is 0 Å². The van der Waals surface area contributed by atoms with Crippen LogP contribution in [0.3, 0.4) is 0 Å². The quantitative estimate of drug-likeness (QED) is 0.544. The Balaban J connectivity index is 1.72. The predicted molar refractivity (Wildman–Crippen MR) is 62.4 cm³/mol. The van der Waals surface area contributed by atoms with E-state index in [1.54, 1.807) is 0 Å². The second-order valence-corrected chi connectivity index (χ2v) is 6.28. The van der Waals surface area contributed by atoms with Gasteiger partial charge < -0.3 is 9.57 Å². The normalized spacial score (nSPS) is 46.3. The molecule has 0 aromatic heterocycles. The highest BCUT2D eigenvalue weighted by molar-refractivity contribution is 5.93. The molecule has 3 fully saturated rings. The summed E-state index contributed by atoms with van der Waals surface area (Å²) in [6.45, 7) is 8.60. The Labute approximate surface area is 97.2 Å². The summed E-state index contributed by atoms with van der Waals surface area (Å²) in [7, 11) is 0. The molecule has 2 saturated carbocycles. The van der Waals surface area contributed by atoms with Crippen LogP contribution in [0.15, 0.2) is 5.16 Å². The Morgan fingerprint density at radius 3 is 2.69 bits per heavy atom. The summed E-state index contributed by atoms with van der Waals surface area (Å²) in [5.74, 6) is 0.803. The Morgan fingerprint density at radius 1 is 1.44 bits per heavy atom. The number of epoxide rings is 1. The van der Waals surface area contributed by atoms with Crippen molar-refractivity contribution < 1.29 is 9.57 Å². The summed E-state index contributed by atoms with van der Waals surface area (Å²) in [6.07, 6.45) is 4.07. The zero-order valence-electron chi connectivity index (χ0n) is 10.5. The number of oxime groups is 1. The summed E-state index contributed by atoms with van der Waals surface area (Å²) in [5, 5.41) is 4.39. The minimum Gasteiger partial charge on any atom is -0.393 e. The van der Waals surface area contributed by atoms with Crippen molar-refractivity contribution >= 4 is 5.71 Å². The average molecular weight is 223 g/mol. The van der Waals surface area contributed by atoms with Gasteiger partial charge in [0.05, 0.1) is 12.3 Å². The smallest absolute Gasteiger partial charge is 0.145 e. The van der Waals surface area contributed by atoms with Gasteiger partial charge in [0, 0.05) is 5.41 Å². The summed E-state index contributed by atoms with van der Waals surface area (Å²) in [4.78, 5) is 5.42. The van der Waals surface area contributed by atoms with Gasteiger partial charge >= 0.3 is 0 Å². The molecule has 0 N–H and O–H groups in total. The van der Waals surface area contributed by atoms with Gasteiger partial charge in [0.1, 0.15) is 12.7 Å². The molecule has 3 unspecified atom stereocenters. The van der Waals surface area contributed by atoms with Gasteiger partial charge in [0.2, 0.25) is 0 Å². The molecule has 1 heterocycles. The molecule has 3 heteroatoms. The van der Waals surface area contributed by atoms with Crippen molar-refractivity contribution in [1.82, 2.24) is 0 Å². The molecule has 1 saturated heterocycles. The number of hydrogen-bond acceptors (Lipinski definition) is 3. The molecule has 1 aliphatic heterocycles. The van der Waals surface area contributed by atoms with Crippen LogP contribution < -0.4 is 0 Å². The van der Waals surface area contributed by atoms with E-state index >= 15 is 0 Å².